The molecule has 2 heterocycles. The normalized spacial score (nSPS) is 13.6. The van der Waals surface area contributed by atoms with E-state index >= 15 is 0 Å². The van der Waals surface area contributed by atoms with Crippen LogP contribution in [0.3, 0.4) is 0 Å². The average Bonchev–Trinajstić information content (AvgIpc) is 2.95. The number of carboxylic acid groups (broad SMARTS) is 1. The van der Waals surface area contributed by atoms with Crippen molar-refractivity contribution in [3.05, 3.63) is 27.2 Å². The van der Waals surface area contributed by atoms with Crippen LogP contribution in [0, 0.1) is 5.92 Å². The number of fused-ring (bicyclic) bond motifs is 1. The third-order valence-corrected chi connectivity index (χ3v) is 4.30. The van der Waals surface area contributed by atoms with Crippen LogP contribution >= 0.6 is 0 Å². The second-order valence-electron chi connectivity index (χ2n) is 6.03. The highest BCUT2D eigenvalue weighted by Gasteiger charge is 2.26. The van der Waals surface area contributed by atoms with Crippen LogP contribution in [0.25, 0.3) is 11.2 Å². The molecule has 0 saturated carbocycles. The maximum absolute atomic E-state index is 12.5. The van der Waals surface area contributed by atoms with E-state index < -0.39 is 35.7 Å². The van der Waals surface area contributed by atoms with Gasteiger partial charge in [0.15, 0.2) is 11.2 Å². The Morgan fingerprint density at radius 2 is 1.96 bits per heavy atom. The van der Waals surface area contributed by atoms with Crippen molar-refractivity contribution in [2.75, 3.05) is 0 Å². The standard InChI is InChI=1S/C15H21N5O5/c1-5-8(2)10(14(23)24)17-9(21)6-20-13(22)11-12(16-7-18(11)3)19(4)15(20)25/h7-8,10H,5-6H2,1-4H3,(H,17,21)(H,23,24)/t8-,10-/m0/s1. The number of nitrogens with one attached hydrogen (secondary N) is 1. The monoisotopic (exact) mass is 351 g/mol. The molecule has 0 bridgehead atoms. The zero-order valence-corrected chi connectivity index (χ0v) is 14.5. The lowest BCUT2D eigenvalue weighted by Gasteiger charge is -2.20. The molecule has 0 aliphatic carbocycles. The maximum Gasteiger partial charge on any atom is 0.332 e. The van der Waals surface area contributed by atoms with Gasteiger partial charge in [0.1, 0.15) is 12.6 Å². The first-order valence-electron chi connectivity index (χ1n) is 7.82. The lowest BCUT2D eigenvalue weighted by atomic mass is 9.99. The van der Waals surface area contributed by atoms with E-state index in [1.165, 1.54) is 22.5 Å². The van der Waals surface area contributed by atoms with Gasteiger partial charge in [0.25, 0.3) is 5.56 Å². The summed E-state index contributed by atoms with van der Waals surface area (Å²) in [5.41, 5.74) is -0.936. The predicted molar refractivity (Wildman–Crippen MR) is 89.2 cm³/mol. The van der Waals surface area contributed by atoms with Gasteiger partial charge in [0, 0.05) is 14.1 Å². The highest BCUT2D eigenvalue weighted by Crippen LogP contribution is 2.08. The highest BCUT2D eigenvalue weighted by molar-refractivity contribution is 5.83. The molecule has 2 N–H and O–H groups in total. The quantitative estimate of drug-likeness (QED) is 0.690. The van der Waals surface area contributed by atoms with E-state index in [0.29, 0.717) is 6.42 Å². The molecule has 0 aromatic carbocycles. The van der Waals surface area contributed by atoms with Gasteiger partial charge in [-0.2, -0.15) is 0 Å². The molecule has 2 aromatic rings. The van der Waals surface area contributed by atoms with Gasteiger partial charge in [0.05, 0.1) is 6.33 Å². The van der Waals surface area contributed by atoms with Crippen molar-refractivity contribution in [1.29, 1.82) is 0 Å². The van der Waals surface area contributed by atoms with Gasteiger partial charge in [-0.3, -0.25) is 14.2 Å². The SMILES string of the molecule is CC[C@H](C)[C@H](NC(=O)Cn1c(=O)c2c(ncn2C)n(C)c1=O)C(=O)O. The van der Waals surface area contributed by atoms with E-state index in [9.17, 15) is 24.3 Å². The number of amides is 1. The number of carbonyl (C=O) groups excluding carboxylic acids is 1. The Labute approximate surface area is 142 Å². The van der Waals surface area contributed by atoms with Crippen LogP contribution in [0.1, 0.15) is 20.3 Å². The molecule has 0 aliphatic rings. The van der Waals surface area contributed by atoms with Gasteiger partial charge in [0.2, 0.25) is 5.91 Å². The number of hydrogen-bond donors (Lipinski definition) is 2. The van der Waals surface area contributed by atoms with Crippen molar-refractivity contribution >= 4 is 23.0 Å². The number of aryl methyl sites for hydroxylation is 2. The Morgan fingerprint density at radius 1 is 1.32 bits per heavy atom. The topological polar surface area (TPSA) is 128 Å². The van der Waals surface area contributed by atoms with Crippen LogP contribution in [0.15, 0.2) is 15.9 Å². The van der Waals surface area contributed by atoms with Crippen molar-refractivity contribution in [3.63, 3.8) is 0 Å². The minimum Gasteiger partial charge on any atom is -0.480 e. The van der Waals surface area contributed by atoms with Gasteiger partial charge >= 0.3 is 11.7 Å². The predicted octanol–water partition coefficient (Wildman–Crippen LogP) is -0.951. The summed E-state index contributed by atoms with van der Waals surface area (Å²) in [6.45, 7) is 2.95. The molecule has 136 valence electrons. The van der Waals surface area contributed by atoms with E-state index in [4.69, 9.17) is 0 Å². The fourth-order valence-corrected chi connectivity index (χ4v) is 2.58. The fourth-order valence-electron chi connectivity index (χ4n) is 2.58. The summed E-state index contributed by atoms with van der Waals surface area (Å²) in [5, 5.41) is 11.6. The molecule has 2 rings (SSSR count). The van der Waals surface area contributed by atoms with Gasteiger partial charge in [-0.05, 0) is 5.92 Å². The summed E-state index contributed by atoms with van der Waals surface area (Å²) < 4.78 is 3.41. The minimum atomic E-state index is -1.16. The molecule has 10 heteroatoms. The molecular weight excluding hydrogens is 330 g/mol. The Hall–Kier alpha value is -2.91. The van der Waals surface area contributed by atoms with Gasteiger partial charge < -0.3 is 15.0 Å². The average molecular weight is 351 g/mol. The molecule has 25 heavy (non-hydrogen) atoms. The molecule has 0 saturated heterocycles. The van der Waals surface area contributed by atoms with Crippen LogP contribution in [-0.2, 0) is 30.2 Å². The summed E-state index contributed by atoms with van der Waals surface area (Å²) in [6, 6.07) is -1.09. The van der Waals surface area contributed by atoms with Crippen molar-refractivity contribution in [2.24, 2.45) is 20.0 Å². The Morgan fingerprint density at radius 3 is 2.52 bits per heavy atom. The van der Waals surface area contributed by atoms with Crippen LogP contribution in [0.5, 0.6) is 0 Å². The van der Waals surface area contributed by atoms with Gasteiger partial charge in [-0.15, -0.1) is 0 Å². The van der Waals surface area contributed by atoms with Crippen LogP contribution in [-0.4, -0.2) is 41.7 Å². The molecule has 10 nitrogen and oxygen atoms in total. The van der Waals surface area contributed by atoms with E-state index in [1.54, 1.807) is 14.0 Å². The Balaban J connectivity index is 2.39. The lowest BCUT2D eigenvalue weighted by molar-refractivity contribution is -0.143. The molecule has 0 aliphatic heterocycles. The summed E-state index contributed by atoms with van der Waals surface area (Å²) in [4.78, 5) is 52.4. The second kappa shape index (κ2) is 6.91. The molecule has 2 atom stereocenters. The first-order chi connectivity index (χ1) is 11.7. The summed E-state index contributed by atoms with van der Waals surface area (Å²) in [6.07, 6.45) is 1.96. The van der Waals surface area contributed by atoms with E-state index in [0.717, 1.165) is 4.57 Å². The Bertz CT molecular complexity index is 938. The summed E-state index contributed by atoms with van der Waals surface area (Å²) in [5.74, 6) is -2.17. The molecule has 0 radical (unpaired) electrons. The number of aliphatic carboxylic acids is 1. The van der Waals surface area contributed by atoms with Gasteiger partial charge in [-0.1, -0.05) is 20.3 Å². The van der Waals surface area contributed by atoms with Crippen LogP contribution in [0.2, 0.25) is 0 Å². The molecule has 0 spiro atoms. The number of hydrogen-bond acceptors (Lipinski definition) is 5. The van der Waals surface area contributed by atoms with Gasteiger partial charge in [-0.25, -0.2) is 19.1 Å². The lowest BCUT2D eigenvalue weighted by Crippen LogP contribution is -2.49. The number of carboxylic acids is 1. The molecule has 0 unspecified atom stereocenters. The Kier molecular flexibility index (Phi) is 5.10. The van der Waals surface area contributed by atoms with E-state index in [-0.39, 0.29) is 17.1 Å². The molecule has 0 fully saturated rings. The summed E-state index contributed by atoms with van der Waals surface area (Å²) >= 11 is 0. The first kappa shape index (κ1) is 18.4. The number of carbonyl (C=O) groups is 2. The fraction of sp³-hybridized carbons (Fsp3) is 0.533. The van der Waals surface area contributed by atoms with Crippen LogP contribution in [0.4, 0.5) is 0 Å². The molecule has 1 amide bonds. The number of imidazole rings is 1. The second-order valence-corrected chi connectivity index (χ2v) is 6.03. The van der Waals surface area contributed by atoms with Crippen molar-refractivity contribution in [3.8, 4) is 0 Å². The number of aromatic nitrogens is 4. The van der Waals surface area contributed by atoms with Crippen molar-refractivity contribution in [1.82, 2.24) is 24.0 Å². The zero-order chi connectivity index (χ0) is 18.9. The van der Waals surface area contributed by atoms with Crippen LogP contribution < -0.4 is 16.6 Å². The zero-order valence-electron chi connectivity index (χ0n) is 14.5. The first-order valence-corrected chi connectivity index (χ1v) is 7.82. The van der Waals surface area contributed by atoms with E-state index in [1.807, 2.05) is 6.92 Å². The molecular formula is C15H21N5O5. The van der Waals surface area contributed by atoms with Crippen molar-refractivity contribution < 1.29 is 14.7 Å². The number of nitrogens with zero attached hydrogens (tertiary/aromatic N) is 4. The third-order valence-electron chi connectivity index (χ3n) is 4.30. The minimum absolute atomic E-state index is 0.187. The highest BCUT2D eigenvalue weighted by atomic mass is 16.4. The number of rotatable bonds is 6. The summed E-state index contributed by atoms with van der Waals surface area (Å²) in [7, 11) is 3.06. The van der Waals surface area contributed by atoms with Crippen molar-refractivity contribution in [2.45, 2.75) is 32.9 Å². The third kappa shape index (κ3) is 3.32. The molecule has 2 aromatic heterocycles. The van der Waals surface area contributed by atoms with E-state index in [2.05, 4.69) is 10.3 Å². The maximum atomic E-state index is 12.5. The largest absolute Gasteiger partial charge is 0.480 e. The smallest absolute Gasteiger partial charge is 0.332 e.